The second-order valence-corrected chi connectivity index (χ2v) is 15.5. The molecular formula is C21H42ClNOSi. The Morgan fingerprint density at radius 2 is 1.80 bits per heavy atom. The lowest BCUT2D eigenvalue weighted by Crippen LogP contribution is -2.57. The highest BCUT2D eigenvalue weighted by Crippen LogP contribution is 2.47. The van der Waals surface area contributed by atoms with Crippen molar-refractivity contribution in [2.24, 2.45) is 5.92 Å². The minimum atomic E-state index is -1.73. The smallest absolute Gasteiger partial charge is 0.191 e. The topological polar surface area (TPSA) is 12.5 Å². The standard InChI is InChI=1S/C21H42ClNOSi/c1-11-21(14-17(2)15-22)18(12-13-23(21)19(3,4)5)16-24-25(9,10)20(6,7)8/h18H,2,11-16H2,1,3-10H3. The zero-order valence-electron chi connectivity index (χ0n) is 18.3. The third-order valence-electron chi connectivity index (χ3n) is 6.62. The van der Waals surface area contributed by atoms with Crippen LogP contribution in [0.1, 0.15) is 67.7 Å². The van der Waals surface area contributed by atoms with E-state index < -0.39 is 8.32 Å². The largest absolute Gasteiger partial charge is 0.416 e. The van der Waals surface area contributed by atoms with Crippen molar-refractivity contribution in [3.8, 4) is 0 Å². The zero-order valence-corrected chi connectivity index (χ0v) is 20.0. The van der Waals surface area contributed by atoms with Crippen molar-refractivity contribution in [1.82, 2.24) is 4.90 Å². The van der Waals surface area contributed by atoms with E-state index in [-0.39, 0.29) is 16.1 Å². The average molecular weight is 388 g/mol. The molecule has 148 valence electrons. The predicted octanol–water partition coefficient (Wildman–Crippen LogP) is 6.46. The molecule has 0 aromatic rings. The highest BCUT2D eigenvalue weighted by Gasteiger charge is 2.51. The minimum Gasteiger partial charge on any atom is -0.416 e. The quantitative estimate of drug-likeness (QED) is 0.282. The summed E-state index contributed by atoms with van der Waals surface area (Å²) in [7, 11) is -1.73. The Balaban J connectivity index is 3.10. The van der Waals surface area contributed by atoms with E-state index in [1.807, 2.05) is 0 Å². The Morgan fingerprint density at radius 1 is 1.24 bits per heavy atom. The Hall–Kier alpha value is 0.167. The molecule has 1 aliphatic rings. The van der Waals surface area contributed by atoms with Crippen molar-refractivity contribution in [1.29, 1.82) is 0 Å². The second-order valence-electron chi connectivity index (χ2n) is 10.4. The van der Waals surface area contributed by atoms with E-state index >= 15 is 0 Å². The van der Waals surface area contributed by atoms with E-state index in [1.165, 1.54) is 6.42 Å². The Labute approximate surface area is 163 Å². The van der Waals surface area contributed by atoms with Gasteiger partial charge >= 0.3 is 0 Å². The molecular weight excluding hydrogens is 346 g/mol. The molecule has 25 heavy (non-hydrogen) atoms. The summed E-state index contributed by atoms with van der Waals surface area (Å²) >= 11 is 6.13. The number of halogens is 1. The van der Waals surface area contributed by atoms with Crippen molar-refractivity contribution in [2.45, 2.75) is 96.9 Å². The molecule has 0 aromatic carbocycles. The summed E-state index contributed by atoms with van der Waals surface area (Å²) in [4.78, 5) is 2.71. The van der Waals surface area contributed by atoms with Crippen LogP contribution in [0.5, 0.6) is 0 Å². The molecule has 1 saturated heterocycles. The number of alkyl halides is 1. The van der Waals surface area contributed by atoms with Gasteiger partial charge in [-0.15, -0.1) is 11.6 Å². The third-order valence-corrected chi connectivity index (χ3v) is 11.5. The molecule has 0 saturated carbocycles. The Morgan fingerprint density at radius 3 is 2.20 bits per heavy atom. The molecule has 0 amide bonds. The summed E-state index contributed by atoms with van der Waals surface area (Å²) in [6.45, 7) is 27.2. The Kier molecular flexibility index (Phi) is 7.46. The summed E-state index contributed by atoms with van der Waals surface area (Å²) in [5, 5.41) is 0.254. The van der Waals surface area contributed by atoms with Crippen molar-refractivity contribution in [3.63, 3.8) is 0 Å². The van der Waals surface area contributed by atoms with Gasteiger partial charge in [0, 0.05) is 29.5 Å². The van der Waals surface area contributed by atoms with Crippen LogP contribution in [0, 0.1) is 5.92 Å². The van der Waals surface area contributed by atoms with Gasteiger partial charge in [0.25, 0.3) is 0 Å². The lowest BCUT2D eigenvalue weighted by Gasteiger charge is -2.50. The molecule has 1 aliphatic heterocycles. The lowest BCUT2D eigenvalue weighted by atomic mass is 9.76. The summed E-state index contributed by atoms with van der Waals surface area (Å²) in [6.07, 6.45) is 3.30. The monoisotopic (exact) mass is 387 g/mol. The fourth-order valence-electron chi connectivity index (χ4n) is 4.09. The molecule has 0 aromatic heterocycles. The molecule has 1 fully saturated rings. The van der Waals surface area contributed by atoms with Gasteiger partial charge in [-0.05, 0) is 64.7 Å². The van der Waals surface area contributed by atoms with Crippen molar-refractivity contribution in [2.75, 3.05) is 19.0 Å². The van der Waals surface area contributed by atoms with Gasteiger partial charge in [0.05, 0.1) is 0 Å². The molecule has 2 nitrogen and oxygen atoms in total. The van der Waals surface area contributed by atoms with Gasteiger partial charge in [-0.25, -0.2) is 0 Å². The fourth-order valence-corrected chi connectivity index (χ4v) is 5.23. The zero-order chi connectivity index (χ0) is 19.7. The summed E-state index contributed by atoms with van der Waals surface area (Å²) in [5.74, 6) is 1.10. The second kappa shape index (κ2) is 8.04. The SMILES string of the molecule is C=C(CCl)CC1(CC)C(CO[Si](C)(C)C(C)(C)C)CCN1C(C)(C)C. The van der Waals surface area contributed by atoms with E-state index in [0.717, 1.165) is 31.6 Å². The van der Waals surface area contributed by atoms with Gasteiger partial charge in [0.1, 0.15) is 0 Å². The first kappa shape index (κ1) is 23.2. The summed E-state index contributed by atoms with van der Waals surface area (Å²) in [5.41, 5.74) is 1.41. The van der Waals surface area contributed by atoms with E-state index in [0.29, 0.717) is 11.8 Å². The minimum absolute atomic E-state index is 0.118. The van der Waals surface area contributed by atoms with Gasteiger partial charge in [0.15, 0.2) is 8.32 Å². The Bertz CT molecular complexity index is 463. The fraction of sp³-hybridized carbons (Fsp3) is 0.905. The maximum atomic E-state index is 6.66. The molecule has 0 N–H and O–H groups in total. The van der Waals surface area contributed by atoms with Crippen LogP contribution >= 0.6 is 11.6 Å². The molecule has 0 spiro atoms. The van der Waals surface area contributed by atoms with E-state index in [2.05, 4.69) is 73.0 Å². The van der Waals surface area contributed by atoms with Crippen LogP contribution < -0.4 is 0 Å². The van der Waals surface area contributed by atoms with Gasteiger partial charge in [-0.1, -0.05) is 39.8 Å². The number of hydrogen-bond acceptors (Lipinski definition) is 2. The maximum absolute atomic E-state index is 6.66. The van der Waals surface area contributed by atoms with Crippen LogP contribution in [0.25, 0.3) is 0 Å². The number of rotatable bonds is 7. The van der Waals surface area contributed by atoms with Crippen LogP contribution in [0.3, 0.4) is 0 Å². The lowest BCUT2D eigenvalue weighted by molar-refractivity contribution is 0.00489. The van der Waals surface area contributed by atoms with E-state index in [1.54, 1.807) is 0 Å². The molecule has 2 unspecified atom stereocenters. The number of nitrogens with zero attached hydrogens (tertiary/aromatic N) is 1. The average Bonchev–Trinajstić information content (AvgIpc) is 2.82. The van der Waals surface area contributed by atoms with E-state index in [4.69, 9.17) is 16.0 Å². The van der Waals surface area contributed by atoms with Crippen LogP contribution in [0.15, 0.2) is 12.2 Å². The highest BCUT2D eigenvalue weighted by molar-refractivity contribution is 6.74. The first-order valence-corrected chi connectivity index (χ1v) is 13.3. The molecule has 0 aliphatic carbocycles. The molecule has 4 heteroatoms. The first-order valence-electron chi connectivity index (χ1n) is 9.85. The van der Waals surface area contributed by atoms with Crippen LogP contribution in [-0.2, 0) is 4.43 Å². The van der Waals surface area contributed by atoms with Gasteiger partial charge in [-0.2, -0.15) is 0 Å². The van der Waals surface area contributed by atoms with E-state index in [9.17, 15) is 0 Å². The van der Waals surface area contributed by atoms with Gasteiger partial charge in [-0.3, -0.25) is 4.90 Å². The van der Waals surface area contributed by atoms with Crippen LogP contribution in [-0.4, -0.2) is 43.3 Å². The van der Waals surface area contributed by atoms with Gasteiger partial charge < -0.3 is 4.43 Å². The van der Waals surface area contributed by atoms with Crippen LogP contribution in [0.4, 0.5) is 0 Å². The first-order chi connectivity index (χ1) is 11.2. The predicted molar refractivity (Wildman–Crippen MR) is 115 cm³/mol. The molecule has 0 radical (unpaired) electrons. The normalized spacial score (nSPS) is 26.2. The molecule has 0 bridgehead atoms. The molecule has 1 heterocycles. The third kappa shape index (κ3) is 5.12. The molecule has 1 rings (SSSR count). The summed E-state index contributed by atoms with van der Waals surface area (Å²) in [6, 6.07) is 0. The van der Waals surface area contributed by atoms with Crippen molar-refractivity contribution in [3.05, 3.63) is 12.2 Å². The van der Waals surface area contributed by atoms with Gasteiger partial charge in [0.2, 0.25) is 0 Å². The maximum Gasteiger partial charge on any atom is 0.191 e. The van der Waals surface area contributed by atoms with Crippen molar-refractivity contribution < 1.29 is 4.43 Å². The number of likely N-dealkylation sites (tertiary alicyclic amines) is 1. The van der Waals surface area contributed by atoms with Crippen molar-refractivity contribution >= 4 is 19.9 Å². The number of hydrogen-bond donors (Lipinski definition) is 0. The summed E-state index contributed by atoms with van der Waals surface area (Å²) < 4.78 is 6.66. The molecule has 2 atom stereocenters. The van der Waals surface area contributed by atoms with Crippen LogP contribution in [0.2, 0.25) is 18.1 Å². The highest BCUT2D eigenvalue weighted by atomic mass is 35.5.